The largest absolute Gasteiger partial charge is 0.481 e. The molecule has 1 saturated heterocycles. The molecule has 2 aliphatic heterocycles. The number of fused-ring (bicyclic) bond motifs is 3. The number of hydrogen-bond donors (Lipinski definition) is 1. The predicted octanol–water partition coefficient (Wildman–Crippen LogP) is 4.56. The van der Waals surface area contributed by atoms with Crippen LogP contribution < -0.4 is 4.90 Å². The number of halogens is 3. The van der Waals surface area contributed by atoms with Crippen molar-refractivity contribution < 1.29 is 18.7 Å². The number of nitrogens with zero attached hydrogens (tertiary/aromatic N) is 2. The van der Waals surface area contributed by atoms with Crippen LogP contribution in [0.1, 0.15) is 30.7 Å². The van der Waals surface area contributed by atoms with E-state index in [1.54, 1.807) is 24.3 Å². The van der Waals surface area contributed by atoms with Gasteiger partial charge in [0.25, 0.3) is 0 Å². The van der Waals surface area contributed by atoms with Crippen molar-refractivity contribution >= 4 is 29.8 Å². The van der Waals surface area contributed by atoms with Gasteiger partial charge in [-0.05, 0) is 67.4 Å². The van der Waals surface area contributed by atoms with E-state index in [2.05, 4.69) is 9.80 Å². The molecular weight excluding hydrogens is 386 g/mol. The number of piperidine rings is 1. The molecule has 2 aromatic rings. The third kappa shape index (κ3) is 3.98. The summed E-state index contributed by atoms with van der Waals surface area (Å²) in [6.07, 6.45) is 1.67. The normalized spacial score (nSPS) is 21.0. The zero-order valence-electron chi connectivity index (χ0n) is 15.4. The van der Waals surface area contributed by atoms with Gasteiger partial charge < -0.3 is 14.9 Å². The van der Waals surface area contributed by atoms with Gasteiger partial charge in [0.15, 0.2) is 0 Å². The Morgan fingerprint density at radius 3 is 2.54 bits per heavy atom. The fraction of sp³-hybridized carbons (Fsp3) is 0.381. The van der Waals surface area contributed by atoms with Crippen LogP contribution >= 0.6 is 12.4 Å². The first-order valence-corrected chi connectivity index (χ1v) is 9.31. The molecule has 2 heterocycles. The van der Waals surface area contributed by atoms with E-state index in [9.17, 15) is 13.6 Å². The summed E-state index contributed by atoms with van der Waals surface area (Å²) in [5.41, 5.74) is 2.87. The summed E-state index contributed by atoms with van der Waals surface area (Å²) in [5, 5.41) is 8.84. The maximum atomic E-state index is 13.9. The van der Waals surface area contributed by atoms with Crippen LogP contribution in [0.3, 0.4) is 0 Å². The molecule has 1 N–H and O–H groups in total. The summed E-state index contributed by atoms with van der Waals surface area (Å²) in [6.45, 7) is 2.38. The van der Waals surface area contributed by atoms with Gasteiger partial charge in [-0.25, -0.2) is 8.78 Å². The molecule has 7 heteroatoms. The van der Waals surface area contributed by atoms with E-state index in [4.69, 9.17) is 5.11 Å². The number of carboxylic acid groups (broad SMARTS) is 1. The lowest BCUT2D eigenvalue weighted by Crippen LogP contribution is -2.45. The Balaban J connectivity index is 0.00000225. The summed E-state index contributed by atoms with van der Waals surface area (Å²) in [4.78, 5) is 15.2. The van der Waals surface area contributed by atoms with Crippen LogP contribution in [0.15, 0.2) is 42.5 Å². The standard InChI is InChI=1S/C21H22F2N2O2.ClH/c22-14-3-6-16(7-4-14)25-19-8-5-15(23)12-17(19)18-13-24(11-9-20(18)25)10-1-2-21(26)27;/h3-8,12,18,20H,1-2,9-11,13H2,(H,26,27);1H. The van der Waals surface area contributed by atoms with Crippen molar-refractivity contribution in [2.45, 2.75) is 31.2 Å². The lowest BCUT2D eigenvalue weighted by molar-refractivity contribution is -0.137. The molecule has 0 aromatic heterocycles. The molecule has 2 aliphatic rings. The van der Waals surface area contributed by atoms with Gasteiger partial charge in [0.2, 0.25) is 0 Å². The highest BCUT2D eigenvalue weighted by Gasteiger charge is 2.42. The van der Waals surface area contributed by atoms with Crippen molar-refractivity contribution in [3.63, 3.8) is 0 Å². The number of hydrogen-bond acceptors (Lipinski definition) is 3. The van der Waals surface area contributed by atoms with E-state index >= 15 is 0 Å². The molecule has 2 aromatic carbocycles. The smallest absolute Gasteiger partial charge is 0.303 e. The highest BCUT2D eigenvalue weighted by atomic mass is 35.5. The Kier molecular flexibility index (Phi) is 6.20. The van der Waals surface area contributed by atoms with Gasteiger partial charge in [0, 0.05) is 42.8 Å². The fourth-order valence-corrected chi connectivity index (χ4v) is 4.43. The Labute approximate surface area is 169 Å². The van der Waals surface area contributed by atoms with Crippen LogP contribution in [0.4, 0.5) is 20.2 Å². The quantitative estimate of drug-likeness (QED) is 0.787. The lowest BCUT2D eigenvalue weighted by Gasteiger charge is -2.39. The number of rotatable bonds is 5. The zero-order chi connectivity index (χ0) is 19.0. The molecule has 0 amide bonds. The second-order valence-corrected chi connectivity index (χ2v) is 7.31. The minimum atomic E-state index is -0.777. The van der Waals surface area contributed by atoms with E-state index in [0.29, 0.717) is 6.42 Å². The van der Waals surface area contributed by atoms with E-state index in [1.165, 1.54) is 18.2 Å². The van der Waals surface area contributed by atoms with E-state index < -0.39 is 5.97 Å². The Hall–Kier alpha value is -2.18. The summed E-state index contributed by atoms with van der Waals surface area (Å²) in [6, 6.07) is 11.5. The molecule has 0 spiro atoms. The summed E-state index contributed by atoms with van der Waals surface area (Å²) in [5.74, 6) is -1.15. The molecule has 2 unspecified atom stereocenters. The van der Waals surface area contributed by atoms with Gasteiger partial charge in [-0.1, -0.05) is 0 Å². The van der Waals surface area contributed by atoms with E-state index in [0.717, 1.165) is 43.0 Å². The highest BCUT2D eigenvalue weighted by molar-refractivity contribution is 5.85. The Morgan fingerprint density at radius 1 is 1.11 bits per heavy atom. The second-order valence-electron chi connectivity index (χ2n) is 7.31. The van der Waals surface area contributed by atoms with E-state index in [1.807, 2.05) is 0 Å². The van der Waals surface area contributed by atoms with Gasteiger partial charge >= 0.3 is 5.97 Å². The first-order chi connectivity index (χ1) is 13.0. The average Bonchev–Trinajstić information content (AvgIpc) is 2.95. The van der Waals surface area contributed by atoms with Crippen LogP contribution in [0.2, 0.25) is 0 Å². The average molecular weight is 409 g/mol. The SMILES string of the molecule is Cl.O=C(O)CCCN1CCC2C(C1)c1cc(F)ccc1N2c1ccc(F)cc1. The van der Waals surface area contributed by atoms with Crippen molar-refractivity contribution in [3.8, 4) is 0 Å². The third-order valence-corrected chi connectivity index (χ3v) is 5.61. The van der Waals surface area contributed by atoms with Crippen molar-refractivity contribution in [2.24, 2.45) is 0 Å². The molecule has 0 bridgehead atoms. The summed E-state index contributed by atoms with van der Waals surface area (Å²) >= 11 is 0. The van der Waals surface area contributed by atoms with Gasteiger partial charge in [-0.2, -0.15) is 0 Å². The lowest BCUT2D eigenvalue weighted by atomic mass is 9.89. The van der Waals surface area contributed by atoms with Gasteiger partial charge in [-0.15, -0.1) is 12.4 Å². The Morgan fingerprint density at radius 2 is 1.82 bits per heavy atom. The first-order valence-electron chi connectivity index (χ1n) is 9.31. The Bertz CT molecular complexity index is 847. The third-order valence-electron chi connectivity index (χ3n) is 5.61. The van der Waals surface area contributed by atoms with Crippen LogP contribution in [0.5, 0.6) is 0 Å². The molecule has 0 radical (unpaired) electrons. The minimum Gasteiger partial charge on any atom is -0.481 e. The van der Waals surface area contributed by atoms with Gasteiger partial charge in [0.1, 0.15) is 11.6 Å². The van der Waals surface area contributed by atoms with Crippen LogP contribution in [0.25, 0.3) is 0 Å². The maximum absolute atomic E-state index is 13.9. The number of carbonyl (C=O) groups is 1. The molecule has 0 saturated carbocycles. The van der Waals surface area contributed by atoms with Crippen molar-refractivity contribution in [3.05, 3.63) is 59.7 Å². The van der Waals surface area contributed by atoms with Crippen LogP contribution in [0, 0.1) is 11.6 Å². The fourth-order valence-electron chi connectivity index (χ4n) is 4.43. The molecule has 4 rings (SSSR count). The number of likely N-dealkylation sites (tertiary alicyclic amines) is 1. The van der Waals surface area contributed by atoms with Crippen molar-refractivity contribution in [1.29, 1.82) is 0 Å². The first kappa shape index (κ1) is 20.6. The highest BCUT2D eigenvalue weighted by Crippen LogP contribution is 2.48. The second kappa shape index (κ2) is 8.45. The minimum absolute atomic E-state index is 0. The van der Waals surface area contributed by atoms with Gasteiger partial charge in [-0.3, -0.25) is 4.79 Å². The summed E-state index contributed by atoms with van der Waals surface area (Å²) < 4.78 is 27.3. The summed E-state index contributed by atoms with van der Waals surface area (Å²) in [7, 11) is 0. The molecular formula is C21H23ClF2N2O2. The maximum Gasteiger partial charge on any atom is 0.303 e. The molecule has 2 atom stereocenters. The number of anilines is 2. The van der Waals surface area contributed by atoms with Crippen molar-refractivity contribution in [2.75, 3.05) is 24.5 Å². The number of carboxylic acids is 1. The number of benzene rings is 2. The van der Waals surface area contributed by atoms with Crippen LogP contribution in [-0.2, 0) is 4.79 Å². The van der Waals surface area contributed by atoms with Gasteiger partial charge in [0.05, 0.1) is 0 Å². The molecule has 1 fully saturated rings. The molecule has 28 heavy (non-hydrogen) atoms. The predicted molar refractivity (Wildman–Crippen MR) is 107 cm³/mol. The molecule has 4 nitrogen and oxygen atoms in total. The zero-order valence-corrected chi connectivity index (χ0v) is 16.2. The molecule has 0 aliphatic carbocycles. The van der Waals surface area contributed by atoms with Crippen LogP contribution in [-0.4, -0.2) is 41.7 Å². The molecule has 150 valence electrons. The van der Waals surface area contributed by atoms with E-state index in [-0.39, 0.29) is 42.4 Å². The van der Waals surface area contributed by atoms with Crippen molar-refractivity contribution in [1.82, 2.24) is 4.90 Å². The monoisotopic (exact) mass is 408 g/mol. The topological polar surface area (TPSA) is 43.8 Å². The number of aliphatic carboxylic acids is 1.